The van der Waals surface area contributed by atoms with Crippen molar-refractivity contribution in [2.24, 2.45) is 0 Å². The average molecular weight is 341 g/mol. The van der Waals surface area contributed by atoms with E-state index in [1.54, 1.807) is 21.3 Å². The van der Waals surface area contributed by atoms with E-state index in [2.05, 4.69) is 5.32 Å². The van der Waals surface area contributed by atoms with Gasteiger partial charge in [-0.15, -0.1) is 0 Å². The highest BCUT2D eigenvalue weighted by molar-refractivity contribution is 5.47. The number of methoxy groups -OCH3 is 3. The van der Waals surface area contributed by atoms with Crippen molar-refractivity contribution >= 4 is 5.69 Å². The van der Waals surface area contributed by atoms with Crippen molar-refractivity contribution in [3.63, 3.8) is 0 Å². The standard InChI is InChI=1S/C17H27NO6/c1-17(2)23-10-13(19)15(24-17)14(16(21-4)22-5)18-11-6-8-12(20-3)9-7-11/h6-9,13-16,18-19H,10H2,1-5H3/t13-,14+,15-/m1/s1. The molecule has 0 unspecified atom stereocenters. The van der Waals surface area contributed by atoms with Gasteiger partial charge in [0.2, 0.25) is 0 Å². The molecule has 7 nitrogen and oxygen atoms in total. The third-order valence-electron chi connectivity index (χ3n) is 3.94. The molecule has 0 aromatic heterocycles. The molecule has 1 fully saturated rings. The lowest BCUT2D eigenvalue weighted by Gasteiger charge is -2.44. The molecule has 0 bridgehead atoms. The number of hydrogen-bond acceptors (Lipinski definition) is 7. The van der Waals surface area contributed by atoms with Crippen LogP contribution in [0.3, 0.4) is 0 Å². The molecule has 0 aliphatic carbocycles. The maximum absolute atomic E-state index is 10.4. The minimum atomic E-state index is -0.804. The third-order valence-corrected chi connectivity index (χ3v) is 3.94. The van der Waals surface area contributed by atoms with Crippen LogP contribution in [-0.2, 0) is 18.9 Å². The second kappa shape index (κ2) is 8.13. The van der Waals surface area contributed by atoms with Crippen molar-refractivity contribution in [1.82, 2.24) is 0 Å². The van der Waals surface area contributed by atoms with Gasteiger partial charge in [-0.05, 0) is 38.1 Å². The van der Waals surface area contributed by atoms with Gasteiger partial charge in [-0.2, -0.15) is 0 Å². The zero-order valence-corrected chi connectivity index (χ0v) is 14.8. The number of nitrogens with one attached hydrogen (secondary N) is 1. The van der Waals surface area contributed by atoms with E-state index in [9.17, 15) is 5.11 Å². The van der Waals surface area contributed by atoms with Crippen molar-refractivity contribution in [2.45, 2.75) is 44.2 Å². The maximum atomic E-state index is 10.4. The van der Waals surface area contributed by atoms with E-state index in [0.717, 1.165) is 11.4 Å². The van der Waals surface area contributed by atoms with Gasteiger partial charge in [0.25, 0.3) is 0 Å². The lowest BCUT2D eigenvalue weighted by molar-refractivity contribution is -0.315. The predicted octanol–water partition coefficient (Wildman–Crippen LogP) is 1.61. The molecule has 1 aliphatic rings. The second-order valence-corrected chi connectivity index (χ2v) is 6.10. The summed E-state index contributed by atoms with van der Waals surface area (Å²) in [5.41, 5.74) is 0.833. The molecule has 1 aromatic carbocycles. The molecular formula is C17H27NO6. The van der Waals surface area contributed by atoms with Crippen molar-refractivity contribution in [3.05, 3.63) is 24.3 Å². The molecule has 7 heteroatoms. The normalized spacial score (nSPS) is 24.6. The molecule has 1 aromatic rings. The van der Waals surface area contributed by atoms with Crippen LogP contribution in [0.25, 0.3) is 0 Å². The Bertz CT molecular complexity index is 502. The largest absolute Gasteiger partial charge is 0.497 e. The second-order valence-electron chi connectivity index (χ2n) is 6.10. The lowest BCUT2D eigenvalue weighted by atomic mass is 10.0. The fourth-order valence-corrected chi connectivity index (χ4v) is 2.71. The molecule has 2 N–H and O–H groups in total. The predicted molar refractivity (Wildman–Crippen MR) is 89.1 cm³/mol. The van der Waals surface area contributed by atoms with Gasteiger partial charge < -0.3 is 34.1 Å². The Morgan fingerprint density at radius 2 is 1.79 bits per heavy atom. The van der Waals surface area contributed by atoms with Gasteiger partial charge in [-0.1, -0.05) is 0 Å². The summed E-state index contributed by atoms with van der Waals surface area (Å²) in [4.78, 5) is 0. The van der Waals surface area contributed by atoms with Crippen LogP contribution in [0.4, 0.5) is 5.69 Å². The van der Waals surface area contributed by atoms with Gasteiger partial charge in [0.05, 0.1) is 13.7 Å². The van der Waals surface area contributed by atoms with Gasteiger partial charge >= 0.3 is 0 Å². The molecule has 1 aliphatic heterocycles. The fourth-order valence-electron chi connectivity index (χ4n) is 2.71. The highest BCUT2D eigenvalue weighted by Gasteiger charge is 2.43. The van der Waals surface area contributed by atoms with Crippen molar-refractivity contribution in [2.75, 3.05) is 33.3 Å². The fraction of sp³-hybridized carbons (Fsp3) is 0.647. The van der Waals surface area contributed by atoms with Crippen LogP contribution >= 0.6 is 0 Å². The van der Waals surface area contributed by atoms with Crippen LogP contribution in [0.5, 0.6) is 5.75 Å². The minimum Gasteiger partial charge on any atom is -0.497 e. The van der Waals surface area contributed by atoms with Gasteiger partial charge in [0.15, 0.2) is 12.1 Å². The molecule has 0 amide bonds. The highest BCUT2D eigenvalue weighted by Crippen LogP contribution is 2.28. The smallest absolute Gasteiger partial charge is 0.179 e. The molecule has 0 radical (unpaired) electrons. The number of rotatable bonds is 7. The first-order chi connectivity index (χ1) is 11.4. The van der Waals surface area contributed by atoms with Crippen LogP contribution in [0, 0.1) is 0 Å². The number of aliphatic hydroxyl groups excluding tert-OH is 1. The molecule has 136 valence electrons. The summed E-state index contributed by atoms with van der Waals surface area (Å²) >= 11 is 0. The molecule has 1 heterocycles. The zero-order chi connectivity index (χ0) is 17.7. The van der Waals surface area contributed by atoms with E-state index in [1.807, 2.05) is 38.1 Å². The summed E-state index contributed by atoms with van der Waals surface area (Å²) in [6.45, 7) is 3.80. The third kappa shape index (κ3) is 4.58. The lowest BCUT2D eigenvalue weighted by Crippen LogP contribution is -2.59. The number of ether oxygens (including phenoxy) is 5. The van der Waals surface area contributed by atoms with Crippen LogP contribution < -0.4 is 10.1 Å². The van der Waals surface area contributed by atoms with Gasteiger partial charge in [0.1, 0.15) is 24.0 Å². The Kier molecular flexibility index (Phi) is 6.42. The summed E-state index contributed by atoms with van der Waals surface area (Å²) < 4.78 is 27.4. The molecule has 3 atom stereocenters. The average Bonchev–Trinajstić information content (AvgIpc) is 2.58. The molecule has 24 heavy (non-hydrogen) atoms. The number of hydrogen-bond donors (Lipinski definition) is 2. The first kappa shape index (κ1) is 19.0. The number of benzene rings is 1. The quantitative estimate of drug-likeness (QED) is 0.730. The number of anilines is 1. The Hall–Kier alpha value is -1.38. The van der Waals surface area contributed by atoms with Crippen LogP contribution in [0.2, 0.25) is 0 Å². The number of aliphatic hydroxyl groups is 1. The Balaban J connectivity index is 2.22. The Morgan fingerprint density at radius 3 is 2.33 bits per heavy atom. The highest BCUT2D eigenvalue weighted by atomic mass is 16.7. The van der Waals surface area contributed by atoms with Gasteiger partial charge in [0, 0.05) is 19.9 Å². The van der Waals surface area contributed by atoms with E-state index in [1.165, 1.54) is 0 Å². The first-order valence-corrected chi connectivity index (χ1v) is 7.86. The van der Waals surface area contributed by atoms with E-state index in [4.69, 9.17) is 23.7 Å². The van der Waals surface area contributed by atoms with E-state index < -0.39 is 30.3 Å². The molecule has 2 rings (SSSR count). The van der Waals surface area contributed by atoms with E-state index >= 15 is 0 Å². The molecule has 1 saturated heterocycles. The Morgan fingerprint density at radius 1 is 1.17 bits per heavy atom. The summed E-state index contributed by atoms with van der Waals surface area (Å²) in [5.74, 6) is -0.0360. The van der Waals surface area contributed by atoms with Crippen LogP contribution in [0.15, 0.2) is 24.3 Å². The summed E-state index contributed by atoms with van der Waals surface area (Å²) in [5, 5.41) is 13.7. The monoisotopic (exact) mass is 341 g/mol. The first-order valence-electron chi connectivity index (χ1n) is 7.86. The summed E-state index contributed by atoms with van der Waals surface area (Å²) in [7, 11) is 4.72. The summed E-state index contributed by atoms with van der Waals surface area (Å²) in [6, 6.07) is 7.01. The SMILES string of the molecule is COc1ccc(N[C@H](C(OC)OC)[C@@H]2OC(C)(C)OC[C@H]2O)cc1. The Labute approximate surface area is 142 Å². The maximum Gasteiger partial charge on any atom is 0.179 e. The topological polar surface area (TPSA) is 78.4 Å². The van der Waals surface area contributed by atoms with E-state index in [0.29, 0.717) is 0 Å². The zero-order valence-electron chi connectivity index (χ0n) is 14.8. The summed E-state index contributed by atoms with van der Waals surface area (Å²) in [6.07, 6.45) is -1.98. The van der Waals surface area contributed by atoms with Crippen molar-refractivity contribution in [1.29, 1.82) is 0 Å². The molecular weight excluding hydrogens is 314 g/mol. The van der Waals surface area contributed by atoms with Crippen molar-refractivity contribution in [3.8, 4) is 5.75 Å². The van der Waals surface area contributed by atoms with Gasteiger partial charge in [-0.25, -0.2) is 0 Å². The molecule has 0 spiro atoms. The van der Waals surface area contributed by atoms with Gasteiger partial charge in [-0.3, -0.25) is 0 Å². The van der Waals surface area contributed by atoms with E-state index in [-0.39, 0.29) is 6.61 Å². The minimum absolute atomic E-state index is 0.179. The van der Waals surface area contributed by atoms with Crippen LogP contribution in [0.1, 0.15) is 13.8 Å². The van der Waals surface area contributed by atoms with Crippen molar-refractivity contribution < 1.29 is 28.8 Å². The van der Waals surface area contributed by atoms with Crippen LogP contribution in [-0.4, -0.2) is 63.4 Å². The molecule has 0 saturated carbocycles.